The Morgan fingerprint density at radius 1 is 0.920 bits per heavy atom. The van der Waals surface area contributed by atoms with Crippen molar-refractivity contribution in [1.82, 2.24) is 0 Å². The first-order valence-electron chi connectivity index (χ1n) is 8.71. The summed E-state index contributed by atoms with van der Waals surface area (Å²) in [6.07, 6.45) is 3.45. The maximum Gasteiger partial charge on any atom is 0.225 e. The van der Waals surface area contributed by atoms with Crippen molar-refractivity contribution in [3.05, 3.63) is 54.6 Å². The van der Waals surface area contributed by atoms with Crippen LogP contribution < -0.4 is 5.32 Å². The molecular weight excluding hydrogens is 334 g/mol. The summed E-state index contributed by atoms with van der Waals surface area (Å²) in [6, 6.07) is 17.6. The fraction of sp³-hybridized carbons (Fsp3) is 0.350. The predicted octanol–water partition coefficient (Wildman–Crippen LogP) is 4.04. The third-order valence-electron chi connectivity index (χ3n) is 4.70. The SMILES string of the molecule is O=C(CCS(=O)(=O)C1CCCC1)Nc1ccc(-c2ccccc2)cc1. The lowest BCUT2D eigenvalue weighted by molar-refractivity contribution is -0.115. The monoisotopic (exact) mass is 357 g/mol. The molecule has 0 radical (unpaired) electrons. The molecule has 1 aliphatic rings. The topological polar surface area (TPSA) is 63.2 Å². The maximum atomic E-state index is 12.2. The van der Waals surface area contributed by atoms with Gasteiger partial charge in [-0.05, 0) is 36.1 Å². The van der Waals surface area contributed by atoms with Gasteiger partial charge in [0, 0.05) is 12.1 Å². The van der Waals surface area contributed by atoms with Crippen molar-refractivity contribution in [2.75, 3.05) is 11.1 Å². The number of carbonyl (C=O) groups excluding carboxylic acids is 1. The zero-order valence-electron chi connectivity index (χ0n) is 14.1. The third kappa shape index (κ3) is 4.69. The van der Waals surface area contributed by atoms with Gasteiger partial charge in [0.05, 0.1) is 11.0 Å². The first kappa shape index (κ1) is 17.7. The Morgan fingerprint density at radius 2 is 1.52 bits per heavy atom. The number of hydrogen-bond acceptors (Lipinski definition) is 3. The summed E-state index contributed by atoms with van der Waals surface area (Å²) in [5, 5.41) is 2.54. The number of nitrogens with one attached hydrogen (secondary N) is 1. The zero-order valence-corrected chi connectivity index (χ0v) is 15.0. The number of carbonyl (C=O) groups is 1. The molecular formula is C20H23NO3S. The van der Waals surface area contributed by atoms with Crippen LogP contribution in [0.15, 0.2) is 54.6 Å². The molecule has 0 atom stereocenters. The molecule has 1 amide bonds. The highest BCUT2D eigenvalue weighted by molar-refractivity contribution is 7.92. The van der Waals surface area contributed by atoms with E-state index >= 15 is 0 Å². The van der Waals surface area contributed by atoms with Gasteiger partial charge in [0.25, 0.3) is 0 Å². The molecule has 0 bridgehead atoms. The van der Waals surface area contributed by atoms with Crippen molar-refractivity contribution in [1.29, 1.82) is 0 Å². The fourth-order valence-electron chi connectivity index (χ4n) is 3.25. The van der Waals surface area contributed by atoms with Gasteiger partial charge in [0.1, 0.15) is 0 Å². The zero-order chi connectivity index (χ0) is 17.7. The van der Waals surface area contributed by atoms with Crippen LogP contribution in [-0.4, -0.2) is 25.3 Å². The van der Waals surface area contributed by atoms with Crippen LogP contribution in [-0.2, 0) is 14.6 Å². The highest BCUT2D eigenvalue weighted by Crippen LogP contribution is 2.26. The van der Waals surface area contributed by atoms with E-state index in [-0.39, 0.29) is 23.3 Å². The van der Waals surface area contributed by atoms with E-state index in [0.717, 1.165) is 36.8 Å². The second-order valence-corrected chi connectivity index (χ2v) is 8.92. The van der Waals surface area contributed by atoms with E-state index < -0.39 is 9.84 Å². The number of anilines is 1. The van der Waals surface area contributed by atoms with Crippen molar-refractivity contribution >= 4 is 21.4 Å². The molecule has 0 saturated heterocycles. The lowest BCUT2D eigenvalue weighted by Gasteiger charge is -2.11. The second-order valence-electron chi connectivity index (χ2n) is 6.52. The molecule has 1 saturated carbocycles. The van der Waals surface area contributed by atoms with E-state index in [1.165, 1.54) is 0 Å². The van der Waals surface area contributed by atoms with Gasteiger partial charge in [-0.1, -0.05) is 55.3 Å². The Morgan fingerprint density at radius 3 is 2.16 bits per heavy atom. The first-order valence-corrected chi connectivity index (χ1v) is 10.4. The quantitative estimate of drug-likeness (QED) is 0.849. The molecule has 1 N–H and O–H groups in total. The highest BCUT2D eigenvalue weighted by atomic mass is 32.2. The fourth-order valence-corrected chi connectivity index (χ4v) is 5.10. The van der Waals surface area contributed by atoms with E-state index in [0.29, 0.717) is 5.69 Å². The predicted molar refractivity (Wildman–Crippen MR) is 101 cm³/mol. The van der Waals surface area contributed by atoms with Crippen LogP contribution in [0.2, 0.25) is 0 Å². The largest absolute Gasteiger partial charge is 0.326 e. The van der Waals surface area contributed by atoms with E-state index in [1.54, 1.807) is 0 Å². The molecule has 0 aromatic heterocycles. The molecule has 25 heavy (non-hydrogen) atoms. The lowest BCUT2D eigenvalue weighted by Crippen LogP contribution is -2.24. The molecule has 3 rings (SSSR count). The summed E-state index contributed by atoms with van der Waals surface area (Å²) >= 11 is 0. The van der Waals surface area contributed by atoms with E-state index in [2.05, 4.69) is 5.32 Å². The smallest absolute Gasteiger partial charge is 0.225 e. The van der Waals surface area contributed by atoms with Crippen molar-refractivity contribution in [3.8, 4) is 11.1 Å². The van der Waals surface area contributed by atoms with Gasteiger partial charge in [0.2, 0.25) is 5.91 Å². The first-order chi connectivity index (χ1) is 12.0. The average Bonchev–Trinajstić information content (AvgIpc) is 3.17. The van der Waals surface area contributed by atoms with Crippen molar-refractivity contribution in [2.45, 2.75) is 37.4 Å². The van der Waals surface area contributed by atoms with E-state index in [1.807, 2.05) is 54.6 Å². The Labute approximate surface area is 149 Å². The van der Waals surface area contributed by atoms with Crippen LogP contribution >= 0.6 is 0 Å². The summed E-state index contributed by atoms with van der Waals surface area (Å²) in [6.45, 7) is 0. The molecule has 5 heteroatoms. The Kier molecular flexibility index (Phi) is 5.53. The summed E-state index contributed by atoms with van der Waals surface area (Å²) in [5.41, 5.74) is 2.87. The maximum absolute atomic E-state index is 12.2. The number of benzene rings is 2. The van der Waals surface area contributed by atoms with E-state index in [9.17, 15) is 13.2 Å². The van der Waals surface area contributed by atoms with Gasteiger partial charge in [0.15, 0.2) is 9.84 Å². The molecule has 0 spiro atoms. The minimum absolute atomic E-state index is 0.0132. The van der Waals surface area contributed by atoms with Gasteiger partial charge in [-0.25, -0.2) is 8.42 Å². The van der Waals surface area contributed by atoms with Crippen LogP contribution in [0.1, 0.15) is 32.1 Å². The minimum atomic E-state index is -3.15. The lowest BCUT2D eigenvalue weighted by atomic mass is 10.1. The van der Waals surface area contributed by atoms with Gasteiger partial charge in [-0.2, -0.15) is 0 Å². The standard InChI is InChI=1S/C20H23NO3S/c22-20(14-15-25(23,24)19-8-4-5-9-19)21-18-12-10-17(11-13-18)16-6-2-1-3-7-16/h1-3,6-7,10-13,19H,4-5,8-9,14-15H2,(H,21,22). The highest BCUT2D eigenvalue weighted by Gasteiger charge is 2.28. The number of sulfone groups is 1. The van der Waals surface area contributed by atoms with Crippen molar-refractivity contribution < 1.29 is 13.2 Å². The minimum Gasteiger partial charge on any atom is -0.326 e. The van der Waals surface area contributed by atoms with Crippen molar-refractivity contribution in [3.63, 3.8) is 0 Å². The summed E-state index contributed by atoms with van der Waals surface area (Å²) in [7, 11) is -3.15. The molecule has 1 fully saturated rings. The van der Waals surface area contributed by atoms with Gasteiger partial charge < -0.3 is 5.32 Å². The molecule has 1 aliphatic carbocycles. The Hall–Kier alpha value is -2.14. The summed E-state index contributed by atoms with van der Waals surface area (Å²) < 4.78 is 24.4. The average molecular weight is 357 g/mol. The molecule has 2 aromatic carbocycles. The third-order valence-corrected chi connectivity index (χ3v) is 6.96. The number of amides is 1. The number of hydrogen-bond donors (Lipinski definition) is 1. The molecule has 0 aliphatic heterocycles. The molecule has 132 valence electrons. The van der Waals surface area contributed by atoms with Gasteiger partial charge in [-0.3, -0.25) is 4.79 Å². The van der Waals surface area contributed by atoms with Crippen LogP contribution in [0.5, 0.6) is 0 Å². The molecule has 2 aromatic rings. The van der Waals surface area contributed by atoms with Crippen LogP contribution in [0, 0.1) is 0 Å². The molecule has 0 unspecified atom stereocenters. The summed E-state index contributed by atoms with van der Waals surface area (Å²) in [5.74, 6) is -0.319. The summed E-state index contributed by atoms with van der Waals surface area (Å²) in [4.78, 5) is 12.1. The Bertz CT molecular complexity index is 808. The van der Waals surface area contributed by atoms with E-state index in [4.69, 9.17) is 0 Å². The van der Waals surface area contributed by atoms with Crippen LogP contribution in [0.25, 0.3) is 11.1 Å². The number of rotatable bonds is 6. The Balaban J connectivity index is 1.54. The van der Waals surface area contributed by atoms with Gasteiger partial charge in [-0.15, -0.1) is 0 Å². The van der Waals surface area contributed by atoms with Crippen LogP contribution in [0.3, 0.4) is 0 Å². The normalized spacial score (nSPS) is 15.2. The molecule has 4 nitrogen and oxygen atoms in total. The van der Waals surface area contributed by atoms with Gasteiger partial charge >= 0.3 is 0 Å². The van der Waals surface area contributed by atoms with Crippen LogP contribution in [0.4, 0.5) is 5.69 Å². The second kappa shape index (κ2) is 7.83. The van der Waals surface area contributed by atoms with Crippen molar-refractivity contribution in [2.24, 2.45) is 0 Å². The molecule has 0 heterocycles.